The van der Waals surface area contributed by atoms with E-state index in [0.29, 0.717) is 27.9 Å². The summed E-state index contributed by atoms with van der Waals surface area (Å²) >= 11 is 0. The van der Waals surface area contributed by atoms with Crippen molar-refractivity contribution in [1.82, 2.24) is 25.1 Å². The topological polar surface area (TPSA) is 121 Å². The first-order chi connectivity index (χ1) is 16.3. The van der Waals surface area contributed by atoms with Gasteiger partial charge in [0.15, 0.2) is 0 Å². The van der Waals surface area contributed by atoms with Crippen LogP contribution in [-0.4, -0.2) is 48.6 Å². The molecule has 2 heterocycles. The molecule has 172 valence electrons. The van der Waals surface area contributed by atoms with Crippen LogP contribution in [0, 0.1) is 0 Å². The van der Waals surface area contributed by atoms with Crippen LogP contribution < -0.4 is 10.9 Å². The fourth-order valence-corrected chi connectivity index (χ4v) is 4.22. The third kappa shape index (κ3) is 4.63. The number of hydrogen-bond donors (Lipinski definition) is 2. The zero-order valence-electron chi connectivity index (χ0n) is 18.4. The van der Waals surface area contributed by atoms with Crippen molar-refractivity contribution in [3.05, 3.63) is 90.1 Å². The minimum Gasteiger partial charge on any atom is -0.267 e. The summed E-state index contributed by atoms with van der Waals surface area (Å²) in [6.45, 7) is 0. The Bertz CT molecular complexity index is 1490. The average Bonchev–Trinajstić information content (AvgIpc) is 2.86. The molecule has 2 aromatic carbocycles. The standard InChI is InChI=1S/C24H21N5O4S/c1-29(2)34(32,33)17-9-7-8-16(14-17)23(30)27-28-24(31)19-15-22(21-12-5-6-13-25-21)26-20-11-4-3-10-18(19)20/h3-15H,1-2H3,(H,27,30)(H,28,31). The van der Waals surface area contributed by atoms with Gasteiger partial charge in [-0.15, -0.1) is 0 Å². The quantitative estimate of drug-likeness (QED) is 0.428. The van der Waals surface area contributed by atoms with Crippen molar-refractivity contribution >= 4 is 32.7 Å². The molecule has 0 aliphatic rings. The molecule has 0 saturated carbocycles. The number of benzene rings is 2. The number of aromatic nitrogens is 2. The molecule has 0 unspecified atom stereocenters. The molecule has 2 N–H and O–H groups in total. The zero-order chi connectivity index (χ0) is 24.3. The molecule has 0 atom stereocenters. The van der Waals surface area contributed by atoms with E-state index in [-0.39, 0.29) is 10.5 Å². The first kappa shape index (κ1) is 23.0. The van der Waals surface area contributed by atoms with E-state index < -0.39 is 21.8 Å². The third-order valence-electron chi connectivity index (χ3n) is 5.05. The van der Waals surface area contributed by atoms with E-state index in [4.69, 9.17) is 0 Å². The van der Waals surface area contributed by atoms with Crippen molar-refractivity contribution in [2.24, 2.45) is 0 Å². The zero-order valence-corrected chi connectivity index (χ0v) is 19.2. The molecule has 2 amide bonds. The van der Waals surface area contributed by atoms with Crippen molar-refractivity contribution in [3.63, 3.8) is 0 Å². The lowest BCUT2D eigenvalue weighted by molar-refractivity contribution is 0.0847. The molecule has 0 aliphatic heterocycles. The van der Waals surface area contributed by atoms with Crippen molar-refractivity contribution in [1.29, 1.82) is 0 Å². The number of amides is 2. The summed E-state index contributed by atoms with van der Waals surface area (Å²) in [5.74, 6) is -1.21. The first-order valence-corrected chi connectivity index (χ1v) is 11.7. The molecule has 0 aliphatic carbocycles. The van der Waals surface area contributed by atoms with Crippen molar-refractivity contribution in [2.45, 2.75) is 4.90 Å². The maximum Gasteiger partial charge on any atom is 0.270 e. The van der Waals surface area contributed by atoms with Crippen LogP contribution in [0.2, 0.25) is 0 Å². The summed E-state index contributed by atoms with van der Waals surface area (Å²) in [5.41, 5.74) is 6.84. The molecule has 34 heavy (non-hydrogen) atoms. The van der Waals surface area contributed by atoms with E-state index in [0.717, 1.165) is 4.31 Å². The number of para-hydroxylation sites is 1. The van der Waals surface area contributed by atoms with Crippen LogP contribution >= 0.6 is 0 Å². The number of sulfonamides is 1. The van der Waals surface area contributed by atoms with Gasteiger partial charge in [0.2, 0.25) is 10.0 Å². The SMILES string of the molecule is CN(C)S(=O)(=O)c1cccc(C(=O)NNC(=O)c2cc(-c3ccccn3)nc3ccccc23)c1. The molecular formula is C24H21N5O4S. The smallest absolute Gasteiger partial charge is 0.267 e. The summed E-state index contributed by atoms with van der Waals surface area (Å²) in [6, 6.07) is 19.7. The Hall–Kier alpha value is -4.15. The molecule has 0 saturated heterocycles. The van der Waals surface area contributed by atoms with E-state index in [1.807, 2.05) is 12.1 Å². The molecule has 9 nitrogen and oxygen atoms in total. The highest BCUT2D eigenvalue weighted by atomic mass is 32.2. The number of hydrogen-bond acceptors (Lipinski definition) is 6. The molecule has 4 aromatic rings. The Morgan fingerprint density at radius 3 is 2.29 bits per heavy atom. The third-order valence-corrected chi connectivity index (χ3v) is 6.86. The largest absolute Gasteiger partial charge is 0.270 e. The van der Waals surface area contributed by atoms with Crippen LogP contribution in [0.3, 0.4) is 0 Å². The van der Waals surface area contributed by atoms with E-state index in [2.05, 4.69) is 20.8 Å². The second-order valence-electron chi connectivity index (χ2n) is 7.51. The van der Waals surface area contributed by atoms with Gasteiger partial charge >= 0.3 is 0 Å². The fraction of sp³-hybridized carbons (Fsp3) is 0.0833. The Kier molecular flexibility index (Phi) is 6.35. The second-order valence-corrected chi connectivity index (χ2v) is 9.66. The lowest BCUT2D eigenvalue weighted by Gasteiger charge is -2.13. The number of fused-ring (bicyclic) bond motifs is 1. The average molecular weight is 476 g/mol. The predicted octanol–water partition coefficient (Wildman–Crippen LogP) is 2.62. The van der Waals surface area contributed by atoms with Crippen LogP contribution in [0.5, 0.6) is 0 Å². The van der Waals surface area contributed by atoms with E-state index in [9.17, 15) is 18.0 Å². The molecule has 0 fully saturated rings. The van der Waals surface area contributed by atoms with Gasteiger partial charge in [0.1, 0.15) is 0 Å². The molecule has 0 spiro atoms. The Balaban J connectivity index is 1.59. The maximum atomic E-state index is 13.0. The highest BCUT2D eigenvalue weighted by Gasteiger charge is 2.20. The second kappa shape index (κ2) is 9.38. The van der Waals surface area contributed by atoms with Crippen LogP contribution in [0.25, 0.3) is 22.3 Å². The monoisotopic (exact) mass is 475 g/mol. The highest BCUT2D eigenvalue weighted by Crippen LogP contribution is 2.23. The van der Waals surface area contributed by atoms with Crippen molar-refractivity contribution in [3.8, 4) is 11.4 Å². The summed E-state index contributed by atoms with van der Waals surface area (Å²) < 4.78 is 25.7. The summed E-state index contributed by atoms with van der Waals surface area (Å²) in [5, 5.41) is 0.605. The van der Waals surface area contributed by atoms with Gasteiger partial charge in [-0.05, 0) is 42.5 Å². The molecule has 0 bridgehead atoms. The number of nitrogens with one attached hydrogen (secondary N) is 2. The van der Waals surface area contributed by atoms with Gasteiger partial charge in [-0.3, -0.25) is 25.4 Å². The predicted molar refractivity (Wildman–Crippen MR) is 127 cm³/mol. The molecule has 10 heteroatoms. The molecular weight excluding hydrogens is 454 g/mol. The van der Waals surface area contributed by atoms with Crippen molar-refractivity contribution in [2.75, 3.05) is 14.1 Å². The minimum absolute atomic E-state index is 0.0309. The number of rotatable bonds is 5. The van der Waals surface area contributed by atoms with E-state index >= 15 is 0 Å². The van der Waals surface area contributed by atoms with Gasteiger partial charge in [-0.1, -0.05) is 30.3 Å². The molecule has 4 rings (SSSR count). The van der Waals surface area contributed by atoms with E-state index in [1.165, 1.54) is 38.4 Å². The Labute approximate surface area is 196 Å². The van der Waals surface area contributed by atoms with Crippen LogP contribution in [0.4, 0.5) is 0 Å². The van der Waals surface area contributed by atoms with Crippen LogP contribution in [-0.2, 0) is 10.0 Å². The Morgan fingerprint density at radius 1 is 0.824 bits per heavy atom. The number of nitrogens with zero attached hydrogens (tertiary/aromatic N) is 3. The summed E-state index contributed by atoms with van der Waals surface area (Å²) in [7, 11) is -0.903. The number of pyridine rings is 2. The number of carbonyl (C=O) groups is 2. The number of hydrazine groups is 1. The highest BCUT2D eigenvalue weighted by molar-refractivity contribution is 7.89. The Morgan fingerprint density at radius 2 is 1.56 bits per heavy atom. The molecule has 0 radical (unpaired) electrons. The van der Waals surface area contributed by atoms with E-state index in [1.54, 1.807) is 42.6 Å². The van der Waals surface area contributed by atoms with Gasteiger partial charge in [0.05, 0.1) is 27.4 Å². The van der Waals surface area contributed by atoms with Crippen LogP contribution in [0.15, 0.2) is 83.9 Å². The number of carbonyl (C=O) groups excluding carboxylic acids is 2. The van der Waals surface area contributed by atoms with Gasteiger partial charge in [0.25, 0.3) is 11.8 Å². The van der Waals surface area contributed by atoms with Crippen molar-refractivity contribution < 1.29 is 18.0 Å². The van der Waals surface area contributed by atoms with Gasteiger partial charge in [-0.2, -0.15) is 0 Å². The maximum absolute atomic E-state index is 13.0. The summed E-state index contributed by atoms with van der Waals surface area (Å²) in [6.07, 6.45) is 1.64. The molecule has 2 aromatic heterocycles. The lowest BCUT2D eigenvalue weighted by Crippen LogP contribution is -2.41. The van der Waals surface area contributed by atoms with Gasteiger partial charge in [0, 0.05) is 31.2 Å². The first-order valence-electron chi connectivity index (χ1n) is 10.2. The van der Waals surface area contributed by atoms with Gasteiger partial charge in [-0.25, -0.2) is 17.7 Å². The normalized spacial score (nSPS) is 11.4. The van der Waals surface area contributed by atoms with Gasteiger partial charge < -0.3 is 0 Å². The van der Waals surface area contributed by atoms with Crippen LogP contribution in [0.1, 0.15) is 20.7 Å². The summed E-state index contributed by atoms with van der Waals surface area (Å²) in [4.78, 5) is 34.5. The fourth-order valence-electron chi connectivity index (χ4n) is 3.27. The lowest BCUT2D eigenvalue weighted by atomic mass is 10.1. The minimum atomic E-state index is -3.71.